The Morgan fingerprint density at radius 2 is 1.50 bits per heavy atom. The fraction of sp³-hybridized carbons (Fsp3) is 1.00. The molecular formula is C16H27NO3. The molecule has 0 aromatic carbocycles. The maximum absolute atomic E-state index is 6.16. The van der Waals surface area contributed by atoms with Gasteiger partial charge in [-0.2, -0.15) is 0 Å². The van der Waals surface area contributed by atoms with Crippen LogP contribution in [0.15, 0.2) is 0 Å². The molecule has 114 valence electrons. The van der Waals surface area contributed by atoms with Gasteiger partial charge in [0.1, 0.15) is 0 Å². The first kappa shape index (κ1) is 13.5. The van der Waals surface area contributed by atoms with E-state index in [1.807, 2.05) is 0 Å². The van der Waals surface area contributed by atoms with E-state index in [2.05, 4.69) is 4.90 Å². The van der Waals surface area contributed by atoms with Crippen LogP contribution in [0.5, 0.6) is 0 Å². The minimum Gasteiger partial charge on any atom is -0.375 e. The minimum absolute atomic E-state index is 0.229. The zero-order valence-corrected chi connectivity index (χ0v) is 12.4. The maximum atomic E-state index is 6.16. The second-order valence-electron chi connectivity index (χ2n) is 7.03. The van der Waals surface area contributed by atoms with E-state index in [4.69, 9.17) is 14.2 Å². The summed E-state index contributed by atoms with van der Waals surface area (Å²) < 4.78 is 17.8. The molecule has 0 aromatic rings. The summed E-state index contributed by atoms with van der Waals surface area (Å²) in [5.41, 5.74) is 0.235. The van der Waals surface area contributed by atoms with Crippen LogP contribution >= 0.6 is 0 Å². The van der Waals surface area contributed by atoms with Crippen molar-refractivity contribution in [2.45, 2.75) is 68.8 Å². The molecule has 1 atom stereocenters. The first-order valence-corrected chi connectivity index (χ1v) is 8.45. The zero-order chi connectivity index (χ0) is 13.5. The molecule has 3 heterocycles. The normalized spacial score (nSPS) is 36.9. The largest absolute Gasteiger partial charge is 0.375 e. The Bertz CT molecular complexity index is 338. The molecule has 1 saturated carbocycles. The van der Waals surface area contributed by atoms with Crippen molar-refractivity contribution in [2.75, 3.05) is 32.9 Å². The summed E-state index contributed by atoms with van der Waals surface area (Å²) in [6, 6.07) is 0.723. The molecule has 20 heavy (non-hydrogen) atoms. The van der Waals surface area contributed by atoms with Gasteiger partial charge in [-0.1, -0.05) is 12.8 Å². The van der Waals surface area contributed by atoms with Crippen molar-refractivity contribution in [3.05, 3.63) is 0 Å². The van der Waals surface area contributed by atoms with Gasteiger partial charge >= 0.3 is 0 Å². The fourth-order valence-electron chi connectivity index (χ4n) is 4.70. The fourth-order valence-corrected chi connectivity index (χ4v) is 4.70. The minimum atomic E-state index is -0.229. The van der Waals surface area contributed by atoms with Crippen molar-refractivity contribution in [1.29, 1.82) is 0 Å². The average molecular weight is 281 g/mol. The highest BCUT2D eigenvalue weighted by atomic mass is 16.7. The molecule has 0 aromatic heterocycles. The molecule has 0 radical (unpaired) electrons. The van der Waals surface area contributed by atoms with E-state index in [1.165, 1.54) is 38.5 Å². The second kappa shape index (κ2) is 5.24. The number of hydrogen-bond donors (Lipinski definition) is 0. The average Bonchev–Trinajstić information content (AvgIpc) is 3.11. The Labute approximate surface area is 121 Å². The number of ether oxygens (including phenoxy) is 3. The number of hydrogen-bond acceptors (Lipinski definition) is 4. The molecule has 1 aliphatic carbocycles. The van der Waals surface area contributed by atoms with E-state index >= 15 is 0 Å². The van der Waals surface area contributed by atoms with Crippen LogP contribution in [0.25, 0.3) is 0 Å². The predicted octanol–water partition coefficient (Wildman–Crippen LogP) is 2.32. The Morgan fingerprint density at radius 1 is 0.800 bits per heavy atom. The van der Waals surface area contributed by atoms with Gasteiger partial charge < -0.3 is 14.2 Å². The molecule has 2 spiro atoms. The lowest BCUT2D eigenvalue weighted by atomic mass is 9.87. The molecule has 3 aliphatic heterocycles. The van der Waals surface area contributed by atoms with Crippen LogP contribution in [0.1, 0.15) is 51.4 Å². The first-order valence-electron chi connectivity index (χ1n) is 8.45. The molecule has 4 fully saturated rings. The van der Waals surface area contributed by atoms with Gasteiger partial charge in [-0.25, -0.2) is 0 Å². The van der Waals surface area contributed by atoms with Gasteiger partial charge in [0.05, 0.1) is 18.8 Å². The van der Waals surface area contributed by atoms with Crippen LogP contribution in [-0.2, 0) is 14.2 Å². The van der Waals surface area contributed by atoms with Gasteiger partial charge in [0.15, 0.2) is 5.79 Å². The van der Waals surface area contributed by atoms with E-state index in [1.54, 1.807) is 0 Å². The summed E-state index contributed by atoms with van der Waals surface area (Å²) in [5.74, 6) is -0.229. The number of likely N-dealkylation sites (tertiary alicyclic amines) is 1. The summed E-state index contributed by atoms with van der Waals surface area (Å²) in [4.78, 5) is 2.68. The smallest absolute Gasteiger partial charge is 0.170 e. The van der Waals surface area contributed by atoms with Crippen molar-refractivity contribution in [1.82, 2.24) is 4.90 Å². The lowest BCUT2D eigenvalue weighted by molar-refractivity contribution is -0.193. The molecule has 0 bridgehead atoms. The SMILES string of the molecule is C1CCC2(C1)CC(N1CCC3(CC1)OCCO3)CCO2. The van der Waals surface area contributed by atoms with Gasteiger partial charge in [0.2, 0.25) is 0 Å². The van der Waals surface area contributed by atoms with Crippen molar-refractivity contribution in [3.8, 4) is 0 Å². The van der Waals surface area contributed by atoms with Crippen molar-refractivity contribution in [3.63, 3.8) is 0 Å². The Kier molecular flexibility index (Phi) is 3.53. The summed E-state index contributed by atoms with van der Waals surface area (Å²) in [6.07, 6.45) is 9.82. The molecular weight excluding hydrogens is 254 g/mol. The molecule has 3 saturated heterocycles. The Balaban J connectivity index is 1.36. The quantitative estimate of drug-likeness (QED) is 0.738. The van der Waals surface area contributed by atoms with Crippen LogP contribution in [0.2, 0.25) is 0 Å². The van der Waals surface area contributed by atoms with Crippen LogP contribution < -0.4 is 0 Å². The van der Waals surface area contributed by atoms with Gasteiger partial charge in [-0.05, 0) is 25.7 Å². The molecule has 4 rings (SSSR count). The van der Waals surface area contributed by atoms with Gasteiger partial charge in [-0.3, -0.25) is 4.90 Å². The van der Waals surface area contributed by atoms with E-state index in [-0.39, 0.29) is 11.4 Å². The molecule has 4 heteroatoms. The van der Waals surface area contributed by atoms with Crippen LogP contribution in [-0.4, -0.2) is 55.2 Å². The number of piperidine rings is 1. The number of rotatable bonds is 1. The summed E-state index contributed by atoms with van der Waals surface area (Å²) in [7, 11) is 0. The lowest BCUT2D eigenvalue weighted by Gasteiger charge is -2.46. The van der Waals surface area contributed by atoms with E-state index in [0.717, 1.165) is 51.8 Å². The third-order valence-electron chi connectivity index (χ3n) is 5.87. The first-order chi connectivity index (χ1) is 9.79. The maximum Gasteiger partial charge on any atom is 0.170 e. The topological polar surface area (TPSA) is 30.9 Å². The Hall–Kier alpha value is -0.160. The zero-order valence-electron chi connectivity index (χ0n) is 12.4. The molecule has 1 unspecified atom stereocenters. The highest BCUT2D eigenvalue weighted by molar-refractivity contribution is 4.96. The van der Waals surface area contributed by atoms with Gasteiger partial charge in [-0.15, -0.1) is 0 Å². The van der Waals surface area contributed by atoms with Crippen molar-refractivity contribution in [2.24, 2.45) is 0 Å². The third kappa shape index (κ3) is 2.41. The lowest BCUT2D eigenvalue weighted by Crippen LogP contribution is -2.53. The summed E-state index contributed by atoms with van der Waals surface area (Å²) in [6.45, 7) is 4.77. The van der Waals surface area contributed by atoms with Crippen LogP contribution in [0.3, 0.4) is 0 Å². The monoisotopic (exact) mass is 281 g/mol. The molecule has 4 nitrogen and oxygen atoms in total. The van der Waals surface area contributed by atoms with E-state index in [0.29, 0.717) is 0 Å². The number of nitrogens with zero attached hydrogens (tertiary/aromatic N) is 1. The van der Waals surface area contributed by atoms with E-state index in [9.17, 15) is 0 Å². The second-order valence-corrected chi connectivity index (χ2v) is 7.03. The summed E-state index contributed by atoms with van der Waals surface area (Å²) in [5, 5.41) is 0. The molecule has 4 aliphatic rings. The highest BCUT2D eigenvalue weighted by Gasteiger charge is 2.45. The summed E-state index contributed by atoms with van der Waals surface area (Å²) >= 11 is 0. The molecule has 0 amide bonds. The van der Waals surface area contributed by atoms with Crippen LogP contribution in [0.4, 0.5) is 0 Å². The molecule has 0 N–H and O–H groups in total. The van der Waals surface area contributed by atoms with Crippen LogP contribution in [0, 0.1) is 0 Å². The van der Waals surface area contributed by atoms with Gasteiger partial charge in [0.25, 0.3) is 0 Å². The standard InChI is InChI=1S/C16H27NO3/c1-2-5-15(4-1)13-14(3-10-18-15)17-8-6-16(7-9-17)19-11-12-20-16/h14H,1-13H2. The highest BCUT2D eigenvalue weighted by Crippen LogP contribution is 2.42. The van der Waals surface area contributed by atoms with E-state index < -0.39 is 0 Å². The predicted molar refractivity (Wildman–Crippen MR) is 75.6 cm³/mol. The van der Waals surface area contributed by atoms with Gasteiger partial charge in [0, 0.05) is 38.6 Å². The Morgan fingerprint density at radius 3 is 2.20 bits per heavy atom. The van der Waals surface area contributed by atoms with Crippen molar-refractivity contribution < 1.29 is 14.2 Å². The third-order valence-corrected chi connectivity index (χ3v) is 5.87. The van der Waals surface area contributed by atoms with Crippen molar-refractivity contribution >= 4 is 0 Å².